The van der Waals surface area contributed by atoms with Gasteiger partial charge in [0, 0.05) is 22.7 Å². The van der Waals surface area contributed by atoms with E-state index in [4.69, 9.17) is 34.8 Å². The number of rotatable bonds is 4. The number of aliphatic hydroxyl groups excluding tert-OH is 1. The molecule has 3 aromatic rings. The van der Waals surface area contributed by atoms with E-state index in [1.165, 1.54) is 6.26 Å². The van der Waals surface area contributed by atoms with Gasteiger partial charge in [0.25, 0.3) is 0 Å². The van der Waals surface area contributed by atoms with Crippen LogP contribution in [0.25, 0.3) is 22.2 Å². The van der Waals surface area contributed by atoms with Crippen molar-refractivity contribution in [1.82, 2.24) is 9.97 Å². The quantitative estimate of drug-likeness (QED) is 0.494. The summed E-state index contributed by atoms with van der Waals surface area (Å²) in [5.41, 5.74) is 2.37. The van der Waals surface area contributed by atoms with E-state index in [9.17, 15) is 9.66 Å². The van der Waals surface area contributed by atoms with E-state index in [2.05, 4.69) is 9.97 Å². The van der Waals surface area contributed by atoms with Gasteiger partial charge in [-0.25, -0.2) is 0 Å². The summed E-state index contributed by atoms with van der Waals surface area (Å²) in [6, 6.07) is 7.08. The van der Waals surface area contributed by atoms with Crippen LogP contribution in [0.1, 0.15) is 11.8 Å². The van der Waals surface area contributed by atoms with Gasteiger partial charge in [-0.1, -0.05) is 52.0 Å². The van der Waals surface area contributed by atoms with Crippen LogP contribution in [0.15, 0.2) is 30.5 Å². The Balaban J connectivity index is 2.33. The Morgan fingerprint density at radius 3 is 2.67 bits per heavy atom. The standard InChI is InChI=1S/C16H13Cl3N2O2S/c1-24(23)7-11(22)16-13(9-4-2-3-5-20-9)12-10(21-16)6-8(17)14(18)15(12)19/h2-6,11,21-22H,7H2,1H3. The first-order valence-electron chi connectivity index (χ1n) is 6.98. The van der Waals surface area contributed by atoms with Crippen LogP contribution in [0.2, 0.25) is 15.1 Å². The van der Waals surface area contributed by atoms with Gasteiger partial charge in [0.2, 0.25) is 0 Å². The third-order valence-corrected chi connectivity index (χ3v) is 5.65. The van der Waals surface area contributed by atoms with Crippen LogP contribution in [-0.4, -0.2) is 31.6 Å². The fraction of sp³-hybridized carbons (Fsp3) is 0.188. The smallest absolute Gasteiger partial charge is 0.139 e. The number of fused-ring (bicyclic) bond motifs is 1. The van der Waals surface area contributed by atoms with E-state index in [0.29, 0.717) is 32.9 Å². The van der Waals surface area contributed by atoms with Crippen molar-refractivity contribution in [3.63, 3.8) is 0 Å². The Bertz CT molecular complexity index is 884. The summed E-state index contributed by atoms with van der Waals surface area (Å²) >= 11 is 17.5. The van der Waals surface area contributed by atoms with E-state index in [0.717, 1.165) is 0 Å². The second kappa shape index (κ2) is 7.12. The fourth-order valence-corrected chi connectivity index (χ4v) is 3.92. The molecule has 24 heavy (non-hydrogen) atoms. The van der Waals surface area contributed by atoms with Crippen LogP contribution in [-0.2, 0) is 11.2 Å². The zero-order chi connectivity index (χ0) is 17.4. The number of benzene rings is 1. The van der Waals surface area contributed by atoms with Crippen molar-refractivity contribution in [2.45, 2.75) is 6.10 Å². The molecule has 4 nitrogen and oxygen atoms in total. The van der Waals surface area contributed by atoms with Crippen molar-refractivity contribution < 1.29 is 9.66 Å². The molecule has 2 heterocycles. The average molecular weight is 404 g/mol. The highest BCUT2D eigenvalue weighted by Crippen LogP contribution is 2.44. The molecule has 0 aliphatic heterocycles. The zero-order valence-corrected chi connectivity index (χ0v) is 15.6. The molecule has 0 saturated heterocycles. The van der Waals surface area contributed by atoms with E-state index < -0.39 is 17.3 Å². The van der Waals surface area contributed by atoms with Crippen LogP contribution in [0.5, 0.6) is 0 Å². The van der Waals surface area contributed by atoms with Crippen LogP contribution in [0, 0.1) is 0 Å². The summed E-state index contributed by atoms with van der Waals surface area (Å²) in [5.74, 6) is 0.0890. The summed E-state index contributed by atoms with van der Waals surface area (Å²) in [4.78, 5) is 7.47. The lowest BCUT2D eigenvalue weighted by Gasteiger charge is -2.13. The predicted molar refractivity (Wildman–Crippen MR) is 100 cm³/mol. The zero-order valence-electron chi connectivity index (χ0n) is 12.5. The number of aromatic nitrogens is 2. The first-order chi connectivity index (χ1) is 11.4. The highest BCUT2D eigenvalue weighted by Gasteiger charge is 2.25. The summed E-state index contributed by atoms with van der Waals surface area (Å²) in [6.45, 7) is 0. The van der Waals surface area contributed by atoms with E-state index in [1.807, 2.05) is 6.07 Å². The molecular formula is C16H13Cl3N2O2S. The van der Waals surface area contributed by atoms with Gasteiger partial charge in [0.1, 0.15) is 11.9 Å². The van der Waals surface area contributed by atoms with Crippen molar-refractivity contribution in [3.8, 4) is 11.3 Å². The molecule has 0 radical (unpaired) electrons. The first kappa shape index (κ1) is 17.9. The Kier molecular flexibility index (Phi) is 5.30. The van der Waals surface area contributed by atoms with Crippen molar-refractivity contribution in [1.29, 1.82) is 0 Å². The molecule has 0 bridgehead atoms. The molecule has 2 atom stereocenters. The Morgan fingerprint density at radius 1 is 1.29 bits per heavy atom. The SMILES string of the molecule is C[S+]([O-])CC(O)c1[nH]c2cc(Cl)c(Cl)c(Cl)c2c1-c1ccccn1. The number of aliphatic hydroxyl groups is 1. The summed E-state index contributed by atoms with van der Waals surface area (Å²) in [7, 11) is 0. The van der Waals surface area contributed by atoms with Gasteiger partial charge in [-0.05, 0) is 18.2 Å². The summed E-state index contributed by atoms with van der Waals surface area (Å²) in [5, 5.41) is 12.0. The number of hydrogen-bond donors (Lipinski definition) is 2. The van der Waals surface area contributed by atoms with Gasteiger partial charge >= 0.3 is 0 Å². The molecule has 2 unspecified atom stereocenters. The average Bonchev–Trinajstić information content (AvgIpc) is 2.92. The van der Waals surface area contributed by atoms with E-state index in [1.54, 1.807) is 24.4 Å². The molecule has 2 N–H and O–H groups in total. The van der Waals surface area contributed by atoms with Crippen LogP contribution >= 0.6 is 34.8 Å². The molecule has 1 aromatic carbocycles. The summed E-state index contributed by atoms with van der Waals surface area (Å²) < 4.78 is 11.5. The number of hydrogen-bond acceptors (Lipinski definition) is 3. The maximum absolute atomic E-state index is 11.5. The molecule has 8 heteroatoms. The van der Waals surface area contributed by atoms with Gasteiger partial charge in [-0.3, -0.25) is 4.98 Å². The number of nitrogens with one attached hydrogen (secondary N) is 1. The molecule has 0 saturated carbocycles. The lowest BCUT2D eigenvalue weighted by Crippen LogP contribution is -2.13. The number of nitrogens with zero attached hydrogens (tertiary/aromatic N) is 1. The molecule has 0 aliphatic carbocycles. The molecular weight excluding hydrogens is 391 g/mol. The minimum Gasteiger partial charge on any atom is -0.616 e. The highest BCUT2D eigenvalue weighted by molar-refractivity contribution is 7.90. The van der Waals surface area contributed by atoms with Crippen molar-refractivity contribution >= 4 is 56.9 Å². The number of H-pyrrole nitrogens is 1. The van der Waals surface area contributed by atoms with Gasteiger partial charge in [-0.2, -0.15) is 0 Å². The van der Waals surface area contributed by atoms with Gasteiger partial charge in [0.05, 0.1) is 32.7 Å². The number of pyridine rings is 1. The minimum atomic E-state index is -1.17. The number of aromatic amines is 1. The fourth-order valence-electron chi connectivity index (χ4n) is 2.61. The van der Waals surface area contributed by atoms with Crippen molar-refractivity contribution in [2.75, 3.05) is 12.0 Å². The first-order valence-corrected chi connectivity index (χ1v) is 9.84. The van der Waals surface area contributed by atoms with E-state index >= 15 is 0 Å². The van der Waals surface area contributed by atoms with Gasteiger partial charge in [-0.15, -0.1) is 0 Å². The second-order valence-corrected chi connectivity index (χ2v) is 7.94. The van der Waals surface area contributed by atoms with Crippen LogP contribution < -0.4 is 0 Å². The number of halogens is 3. The van der Waals surface area contributed by atoms with Crippen molar-refractivity contribution in [3.05, 3.63) is 51.2 Å². The molecule has 2 aromatic heterocycles. The van der Waals surface area contributed by atoms with Crippen LogP contribution in [0.4, 0.5) is 0 Å². The Hall–Kier alpha value is -0.950. The second-order valence-electron chi connectivity index (χ2n) is 5.29. The lowest BCUT2D eigenvalue weighted by molar-refractivity contribution is 0.198. The van der Waals surface area contributed by atoms with E-state index in [-0.39, 0.29) is 15.8 Å². The monoisotopic (exact) mass is 402 g/mol. The predicted octanol–water partition coefficient (Wildman–Crippen LogP) is 4.60. The van der Waals surface area contributed by atoms with Gasteiger partial charge < -0.3 is 14.6 Å². The molecule has 126 valence electrons. The topological polar surface area (TPSA) is 72.0 Å². The normalized spacial score (nSPS) is 14.1. The largest absolute Gasteiger partial charge is 0.616 e. The molecule has 3 rings (SSSR count). The Labute approximate surface area is 156 Å². The lowest BCUT2D eigenvalue weighted by atomic mass is 10.0. The maximum Gasteiger partial charge on any atom is 0.139 e. The van der Waals surface area contributed by atoms with Crippen LogP contribution in [0.3, 0.4) is 0 Å². The molecule has 0 fully saturated rings. The third kappa shape index (κ3) is 3.25. The third-order valence-electron chi connectivity index (χ3n) is 3.60. The molecule has 0 amide bonds. The highest BCUT2D eigenvalue weighted by atomic mass is 35.5. The summed E-state index contributed by atoms with van der Waals surface area (Å²) in [6.07, 6.45) is 2.22. The Morgan fingerprint density at radius 2 is 2.04 bits per heavy atom. The molecule has 0 spiro atoms. The maximum atomic E-state index is 11.5. The van der Waals surface area contributed by atoms with Gasteiger partial charge in [0.15, 0.2) is 0 Å². The molecule has 0 aliphatic rings. The minimum absolute atomic E-state index is 0.0890. The van der Waals surface area contributed by atoms with Crippen molar-refractivity contribution in [2.24, 2.45) is 0 Å².